The molecule has 3 rings (SSSR count). The topological polar surface area (TPSA) is 77.0 Å². The summed E-state index contributed by atoms with van der Waals surface area (Å²) < 4.78 is 1.36. The Balaban J connectivity index is 1.71. The highest BCUT2D eigenvalue weighted by atomic mass is 35.5. The van der Waals surface area contributed by atoms with Gasteiger partial charge in [-0.2, -0.15) is 0 Å². The number of carbonyl (C=O) groups is 1. The molecule has 1 fully saturated rings. The van der Waals surface area contributed by atoms with Gasteiger partial charge in [0.15, 0.2) is 5.82 Å². The number of aromatic nitrogens is 3. The van der Waals surface area contributed by atoms with Crippen molar-refractivity contribution >= 4 is 40.9 Å². The number of piperidine rings is 1. The van der Waals surface area contributed by atoms with Crippen molar-refractivity contribution in [1.82, 2.24) is 19.8 Å². The van der Waals surface area contributed by atoms with E-state index in [0.717, 1.165) is 12.8 Å². The first-order valence-electron chi connectivity index (χ1n) is 8.48. The molecule has 1 aromatic carbocycles. The lowest BCUT2D eigenvalue weighted by Gasteiger charge is -2.39. The van der Waals surface area contributed by atoms with Gasteiger partial charge in [0, 0.05) is 22.7 Å². The van der Waals surface area contributed by atoms with Crippen LogP contribution in [0.3, 0.4) is 0 Å². The number of carbonyl (C=O) groups excluding carboxylic acids is 1. The van der Waals surface area contributed by atoms with Crippen LogP contribution in [0.4, 0.5) is 0 Å². The second-order valence-electron chi connectivity index (χ2n) is 6.52. The lowest BCUT2D eigenvalue weighted by molar-refractivity contribution is -0.134. The third-order valence-electron chi connectivity index (χ3n) is 4.64. The Kier molecular flexibility index (Phi) is 5.99. The summed E-state index contributed by atoms with van der Waals surface area (Å²) in [5, 5.41) is 9.66. The van der Waals surface area contributed by atoms with Crippen LogP contribution in [0.1, 0.15) is 33.1 Å². The number of rotatable bonds is 4. The minimum atomic E-state index is 0.101. The first kappa shape index (κ1) is 19.3. The van der Waals surface area contributed by atoms with E-state index in [9.17, 15) is 4.79 Å². The predicted octanol–water partition coefficient (Wildman–Crippen LogP) is 3.85. The summed E-state index contributed by atoms with van der Waals surface area (Å²) in [5.41, 5.74) is 0.641. The van der Waals surface area contributed by atoms with Crippen molar-refractivity contribution in [2.45, 2.75) is 50.4 Å². The molecule has 2 N–H and O–H groups in total. The van der Waals surface area contributed by atoms with E-state index in [0.29, 0.717) is 26.6 Å². The maximum Gasteiger partial charge on any atom is 0.233 e. The van der Waals surface area contributed by atoms with Crippen LogP contribution in [0.2, 0.25) is 10.0 Å². The molecule has 2 heterocycles. The number of thioether (sulfide) groups is 1. The van der Waals surface area contributed by atoms with Gasteiger partial charge in [0.25, 0.3) is 0 Å². The van der Waals surface area contributed by atoms with Crippen LogP contribution in [-0.4, -0.2) is 43.5 Å². The molecular weight excluding hydrogens is 393 g/mol. The number of amides is 1. The summed E-state index contributed by atoms with van der Waals surface area (Å²) in [7, 11) is 0. The molecule has 6 nitrogen and oxygen atoms in total. The summed E-state index contributed by atoms with van der Waals surface area (Å²) in [6.45, 7) is 4.20. The minimum Gasteiger partial charge on any atom is -0.337 e. The normalized spacial score (nSPS) is 20.4. The SMILES string of the molecule is CC1CCCC(C)N1C(=O)CSc1nnc(-c2ccc(Cl)cc2Cl)n1N. The van der Waals surface area contributed by atoms with Crippen LogP contribution in [0.15, 0.2) is 23.4 Å². The highest BCUT2D eigenvalue weighted by Gasteiger charge is 2.29. The standard InChI is InChI=1S/C17H21Cl2N5OS/c1-10-4-3-5-11(2)23(10)15(25)9-26-17-22-21-16(24(17)20)13-7-6-12(18)8-14(13)19/h6-8,10-11H,3-5,9,20H2,1-2H3. The molecule has 2 aromatic rings. The number of hydrogen-bond donors (Lipinski definition) is 1. The average molecular weight is 414 g/mol. The lowest BCUT2D eigenvalue weighted by Crippen LogP contribution is -2.48. The second-order valence-corrected chi connectivity index (χ2v) is 8.31. The molecule has 0 spiro atoms. The van der Waals surface area contributed by atoms with Crippen molar-refractivity contribution < 1.29 is 4.79 Å². The maximum absolute atomic E-state index is 12.6. The Morgan fingerprint density at radius 2 is 1.96 bits per heavy atom. The zero-order chi connectivity index (χ0) is 18.8. The van der Waals surface area contributed by atoms with Crippen molar-refractivity contribution in [3.05, 3.63) is 28.2 Å². The average Bonchev–Trinajstić information content (AvgIpc) is 2.93. The van der Waals surface area contributed by atoms with Gasteiger partial charge >= 0.3 is 0 Å². The molecule has 140 valence electrons. The molecule has 0 radical (unpaired) electrons. The first-order valence-corrected chi connectivity index (χ1v) is 10.2. The molecule has 1 aliphatic rings. The van der Waals surface area contributed by atoms with Crippen LogP contribution in [-0.2, 0) is 4.79 Å². The van der Waals surface area contributed by atoms with Crippen LogP contribution < -0.4 is 5.84 Å². The monoisotopic (exact) mass is 413 g/mol. The molecule has 1 aliphatic heterocycles. The quantitative estimate of drug-likeness (QED) is 0.608. The van der Waals surface area contributed by atoms with Crippen LogP contribution in [0.5, 0.6) is 0 Å². The van der Waals surface area contributed by atoms with E-state index < -0.39 is 0 Å². The highest BCUT2D eigenvalue weighted by molar-refractivity contribution is 7.99. The Morgan fingerprint density at radius 3 is 2.62 bits per heavy atom. The Labute approximate surface area is 167 Å². The van der Waals surface area contributed by atoms with E-state index in [1.165, 1.54) is 22.9 Å². The number of nitrogen functional groups attached to an aromatic ring is 1. The highest BCUT2D eigenvalue weighted by Crippen LogP contribution is 2.30. The third kappa shape index (κ3) is 3.94. The molecule has 9 heteroatoms. The molecular formula is C17H21Cl2N5OS. The fourth-order valence-electron chi connectivity index (χ4n) is 3.34. The van der Waals surface area contributed by atoms with Gasteiger partial charge in [-0.1, -0.05) is 35.0 Å². The number of hydrogen-bond acceptors (Lipinski definition) is 5. The Morgan fingerprint density at radius 1 is 1.27 bits per heavy atom. The van der Waals surface area contributed by atoms with Gasteiger partial charge in [-0.25, -0.2) is 4.68 Å². The molecule has 2 atom stereocenters. The first-order chi connectivity index (χ1) is 12.4. The summed E-state index contributed by atoms with van der Waals surface area (Å²) in [4.78, 5) is 14.6. The van der Waals surface area contributed by atoms with Gasteiger partial charge in [-0.3, -0.25) is 4.79 Å². The number of benzene rings is 1. The van der Waals surface area contributed by atoms with Gasteiger partial charge in [-0.15, -0.1) is 10.2 Å². The van der Waals surface area contributed by atoms with E-state index >= 15 is 0 Å². The van der Waals surface area contributed by atoms with E-state index in [-0.39, 0.29) is 23.7 Å². The van der Waals surface area contributed by atoms with Crippen molar-refractivity contribution in [2.24, 2.45) is 0 Å². The van der Waals surface area contributed by atoms with E-state index in [4.69, 9.17) is 29.0 Å². The Bertz CT molecular complexity index is 802. The van der Waals surface area contributed by atoms with Crippen molar-refractivity contribution in [3.8, 4) is 11.4 Å². The zero-order valence-corrected chi connectivity index (χ0v) is 17.0. The number of nitrogens with two attached hydrogens (primary N) is 1. The largest absolute Gasteiger partial charge is 0.337 e. The van der Waals surface area contributed by atoms with E-state index in [1.54, 1.807) is 18.2 Å². The van der Waals surface area contributed by atoms with Gasteiger partial charge in [0.1, 0.15) is 0 Å². The van der Waals surface area contributed by atoms with Crippen LogP contribution >= 0.6 is 35.0 Å². The number of likely N-dealkylation sites (tertiary alicyclic amines) is 1. The molecule has 1 amide bonds. The second kappa shape index (κ2) is 8.06. The van der Waals surface area contributed by atoms with Crippen LogP contribution in [0, 0.1) is 0 Å². The number of nitrogens with zero attached hydrogens (tertiary/aromatic N) is 4. The van der Waals surface area contributed by atoms with Gasteiger partial charge in [0.2, 0.25) is 11.1 Å². The van der Waals surface area contributed by atoms with Crippen LogP contribution in [0.25, 0.3) is 11.4 Å². The predicted molar refractivity (Wildman–Crippen MR) is 106 cm³/mol. The summed E-state index contributed by atoms with van der Waals surface area (Å²) in [5.74, 6) is 6.92. The molecule has 1 aromatic heterocycles. The fourth-order valence-corrected chi connectivity index (χ4v) is 4.56. The molecule has 0 saturated carbocycles. The molecule has 26 heavy (non-hydrogen) atoms. The lowest BCUT2D eigenvalue weighted by atomic mass is 9.98. The molecule has 0 aliphatic carbocycles. The summed E-state index contributed by atoms with van der Waals surface area (Å²) in [6.07, 6.45) is 3.27. The maximum atomic E-state index is 12.6. The summed E-state index contributed by atoms with van der Waals surface area (Å²) in [6, 6.07) is 5.63. The van der Waals surface area contributed by atoms with Gasteiger partial charge < -0.3 is 10.7 Å². The van der Waals surface area contributed by atoms with Crippen molar-refractivity contribution in [1.29, 1.82) is 0 Å². The smallest absolute Gasteiger partial charge is 0.233 e. The molecule has 0 bridgehead atoms. The summed E-state index contributed by atoms with van der Waals surface area (Å²) >= 11 is 13.4. The van der Waals surface area contributed by atoms with Crippen molar-refractivity contribution in [2.75, 3.05) is 11.6 Å². The fraction of sp³-hybridized carbons (Fsp3) is 0.471. The minimum absolute atomic E-state index is 0.101. The van der Waals surface area contributed by atoms with E-state index in [1.807, 2.05) is 4.90 Å². The number of halogens is 2. The van der Waals surface area contributed by atoms with Gasteiger partial charge in [0.05, 0.1) is 10.8 Å². The molecule has 1 saturated heterocycles. The third-order valence-corrected chi connectivity index (χ3v) is 6.12. The molecule has 2 unspecified atom stereocenters. The zero-order valence-electron chi connectivity index (χ0n) is 14.7. The Hall–Kier alpha value is -1.44. The van der Waals surface area contributed by atoms with Crippen molar-refractivity contribution in [3.63, 3.8) is 0 Å². The van der Waals surface area contributed by atoms with Gasteiger partial charge in [-0.05, 0) is 51.3 Å². The van der Waals surface area contributed by atoms with E-state index in [2.05, 4.69) is 24.0 Å².